The van der Waals surface area contributed by atoms with E-state index in [1.165, 1.54) is 0 Å². The maximum atomic E-state index is 9.05. The van der Waals surface area contributed by atoms with Crippen molar-refractivity contribution in [2.45, 2.75) is 6.92 Å². The topological polar surface area (TPSA) is 49.8 Å². The van der Waals surface area contributed by atoms with Crippen molar-refractivity contribution in [1.29, 1.82) is 5.26 Å². The van der Waals surface area contributed by atoms with Crippen LogP contribution in [0.4, 0.5) is 0 Å². The van der Waals surface area contributed by atoms with Gasteiger partial charge in [0.15, 0.2) is 0 Å². The number of hydrogen-bond donors (Lipinski definition) is 0. The van der Waals surface area contributed by atoms with Gasteiger partial charge in [-0.2, -0.15) is 5.26 Å². The molecule has 0 N–H and O–H groups in total. The lowest BCUT2D eigenvalue weighted by Crippen LogP contribution is -1.84. The van der Waals surface area contributed by atoms with E-state index in [9.17, 15) is 0 Å². The maximum absolute atomic E-state index is 9.05. The van der Waals surface area contributed by atoms with Crippen LogP contribution in [0.2, 0.25) is 0 Å². The Bertz CT molecular complexity index is 547. The van der Waals surface area contributed by atoms with E-state index in [2.05, 4.69) is 11.1 Å². The summed E-state index contributed by atoms with van der Waals surface area (Å²) >= 11 is 0. The predicted octanol–water partition coefficient (Wildman–Crippen LogP) is 3.05. The highest BCUT2D eigenvalue weighted by Crippen LogP contribution is 2.16. The van der Waals surface area contributed by atoms with Crippen molar-refractivity contribution >= 4 is 11.6 Å². The predicted molar refractivity (Wildman–Crippen MR) is 61.2 cm³/mol. The molecule has 0 aliphatic rings. The van der Waals surface area contributed by atoms with Gasteiger partial charge in [-0.3, -0.25) is 4.98 Å². The quantitative estimate of drug-likeness (QED) is 0.716. The molecule has 0 fully saturated rings. The lowest BCUT2D eigenvalue weighted by Gasteiger charge is -1.95. The number of pyridine rings is 1. The van der Waals surface area contributed by atoms with Crippen LogP contribution in [0.15, 0.2) is 40.9 Å². The number of nitriles is 1. The van der Waals surface area contributed by atoms with E-state index in [-0.39, 0.29) is 0 Å². The molecule has 0 saturated carbocycles. The minimum atomic E-state index is 0.495. The van der Waals surface area contributed by atoms with Crippen LogP contribution in [0, 0.1) is 18.3 Å². The van der Waals surface area contributed by atoms with E-state index in [1.54, 1.807) is 18.3 Å². The molecule has 0 radical (unpaired) electrons. The van der Waals surface area contributed by atoms with Crippen molar-refractivity contribution in [3.63, 3.8) is 0 Å². The molecular weight excluding hydrogens is 200 g/mol. The summed E-state index contributed by atoms with van der Waals surface area (Å²) in [5, 5.41) is 9.05. The molecule has 0 bridgehead atoms. The fraction of sp³-hybridized carbons (Fsp3) is 0.0769. The third kappa shape index (κ3) is 2.18. The Morgan fingerprint density at radius 2 is 2.25 bits per heavy atom. The second-order valence-electron chi connectivity index (χ2n) is 3.33. The smallest absolute Gasteiger partial charge is 0.128 e. The summed E-state index contributed by atoms with van der Waals surface area (Å²) in [6.45, 7) is 1.87. The molecule has 0 atom stereocenters. The molecule has 0 aromatic carbocycles. The Labute approximate surface area is 93.7 Å². The third-order valence-electron chi connectivity index (χ3n) is 2.11. The molecule has 2 aromatic rings. The summed E-state index contributed by atoms with van der Waals surface area (Å²) in [6.07, 6.45) is 3.35. The monoisotopic (exact) mass is 210 g/mol. The molecule has 0 amide bonds. The van der Waals surface area contributed by atoms with Crippen molar-refractivity contribution in [1.82, 2.24) is 4.98 Å². The van der Waals surface area contributed by atoms with Crippen molar-refractivity contribution in [2.24, 2.45) is 0 Å². The average molecular weight is 210 g/mol. The highest BCUT2D eigenvalue weighted by molar-refractivity contribution is 5.87. The van der Waals surface area contributed by atoms with Gasteiger partial charge in [-0.25, -0.2) is 0 Å². The van der Waals surface area contributed by atoms with Gasteiger partial charge in [0.2, 0.25) is 0 Å². The lowest BCUT2D eigenvalue weighted by atomic mass is 10.1. The zero-order chi connectivity index (χ0) is 11.4. The van der Waals surface area contributed by atoms with Gasteiger partial charge >= 0.3 is 0 Å². The molecule has 2 rings (SSSR count). The average Bonchev–Trinajstić information content (AvgIpc) is 2.73. The van der Waals surface area contributed by atoms with Gasteiger partial charge in [-0.1, -0.05) is 6.07 Å². The van der Waals surface area contributed by atoms with E-state index < -0.39 is 0 Å². The van der Waals surface area contributed by atoms with Gasteiger partial charge in [0, 0.05) is 12.3 Å². The second-order valence-corrected chi connectivity index (χ2v) is 3.33. The van der Waals surface area contributed by atoms with E-state index in [0.717, 1.165) is 5.76 Å². The van der Waals surface area contributed by atoms with E-state index in [1.807, 2.05) is 31.2 Å². The number of rotatable bonds is 2. The summed E-state index contributed by atoms with van der Waals surface area (Å²) in [4.78, 5) is 4.12. The SMILES string of the molecule is Cc1ccc(/C=C(\C#N)c2ccccn2)o1. The Morgan fingerprint density at radius 1 is 1.38 bits per heavy atom. The Morgan fingerprint density at radius 3 is 2.81 bits per heavy atom. The van der Waals surface area contributed by atoms with Crippen LogP contribution in [0.3, 0.4) is 0 Å². The van der Waals surface area contributed by atoms with Crippen LogP contribution in [-0.4, -0.2) is 4.98 Å². The molecule has 3 heteroatoms. The number of allylic oxidation sites excluding steroid dienone is 1. The molecule has 2 aromatic heterocycles. The second kappa shape index (κ2) is 4.45. The standard InChI is InChI=1S/C13H10N2O/c1-10-5-6-12(16-10)8-11(9-14)13-4-2-3-7-15-13/h2-8H,1H3/b11-8+. The highest BCUT2D eigenvalue weighted by atomic mass is 16.3. The van der Waals surface area contributed by atoms with E-state index in [0.29, 0.717) is 17.0 Å². The molecule has 0 unspecified atom stereocenters. The summed E-state index contributed by atoms with van der Waals surface area (Å²) in [5.41, 5.74) is 1.15. The lowest BCUT2D eigenvalue weighted by molar-refractivity contribution is 0.525. The molecule has 0 aliphatic carbocycles. The summed E-state index contributed by atoms with van der Waals surface area (Å²) in [5.74, 6) is 1.49. The fourth-order valence-corrected chi connectivity index (χ4v) is 1.36. The van der Waals surface area contributed by atoms with Crippen molar-refractivity contribution < 1.29 is 4.42 Å². The van der Waals surface area contributed by atoms with Crippen molar-refractivity contribution in [3.8, 4) is 6.07 Å². The Kier molecular flexibility index (Phi) is 2.84. The van der Waals surface area contributed by atoms with Crippen molar-refractivity contribution in [3.05, 3.63) is 53.7 Å². The zero-order valence-corrected chi connectivity index (χ0v) is 8.84. The molecule has 16 heavy (non-hydrogen) atoms. The third-order valence-corrected chi connectivity index (χ3v) is 2.11. The fourth-order valence-electron chi connectivity index (χ4n) is 1.36. The van der Waals surface area contributed by atoms with E-state index in [4.69, 9.17) is 9.68 Å². The molecule has 0 aliphatic heterocycles. The van der Waals surface area contributed by atoms with Crippen LogP contribution in [0.25, 0.3) is 11.6 Å². The number of nitrogens with zero attached hydrogens (tertiary/aromatic N) is 2. The summed E-state index contributed by atoms with van der Waals surface area (Å²) < 4.78 is 5.38. The Balaban J connectivity index is 2.38. The zero-order valence-electron chi connectivity index (χ0n) is 8.84. The van der Waals surface area contributed by atoms with Crippen LogP contribution >= 0.6 is 0 Å². The van der Waals surface area contributed by atoms with Gasteiger partial charge < -0.3 is 4.42 Å². The van der Waals surface area contributed by atoms with Gasteiger partial charge in [0.1, 0.15) is 17.6 Å². The van der Waals surface area contributed by atoms with Gasteiger partial charge in [-0.15, -0.1) is 0 Å². The minimum absolute atomic E-state index is 0.495. The number of aryl methyl sites for hydroxylation is 1. The normalized spacial score (nSPS) is 11.1. The van der Waals surface area contributed by atoms with Crippen LogP contribution in [-0.2, 0) is 0 Å². The summed E-state index contributed by atoms with van der Waals surface area (Å²) in [7, 11) is 0. The van der Waals surface area contributed by atoms with E-state index >= 15 is 0 Å². The summed E-state index contributed by atoms with van der Waals surface area (Å²) in [6, 6.07) is 11.3. The van der Waals surface area contributed by atoms with Crippen LogP contribution in [0.1, 0.15) is 17.2 Å². The van der Waals surface area contributed by atoms with Gasteiger partial charge in [0.05, 0.1) is 11.3 Å². The van der Waals surface area contributed by atoms with Crippen LogP contribution in [0.5, 0.6) is 0 Å². The molecule has 3 nitrogen and oxygen atoms in total. The van der Waals surface area contributed by atoms with Gasteiger partial charge in [-0.05, 0) is 31.2 Å². The largest absolute Gasteiger partial charge is 0.462 e. The van der Waals surface area contributed by atoms with Crippen LogP contribution < -0.4 is 0 Å². The minimum Gasteiger partial charge on any atom is -0.462 e. The molecule has 2 heterocycles. The number of aromatic nitrogens is 1. The first kappa shape index (κ1) is 10.2. The molecular formula is C13H10N2O. The number of furan rings is 1. The highest BCUT2D eigenvalue weighted by Gasteiger charge is 2.03. The Hall–Kier alpha value is -2.34. The first-order valence-electron chi connectivity index (χ1n) is 4.89. The molecule has 78 valence electrons. The number of hydrogen-bond acceptors (Lipinski definition) is 3. The molecule has 0 saturated heterocycles. The molecule has 0 spiro atoms. The first-order valence-corrected chi connectivity index (χ1v) is 4.89. The van der Waals surface area contributed by atoms with Crippen molar-refractivity contribution in [2.75, 3.05) is 0 Å². The van der Waals surface area contributed by atoms with Gasteiger partial charge in [0.25, 0.3) is 0 Å². The first-order chi connectivity index (χ1) is 7.79. The maximum Gasteiger partial charge on any atom is 0.128 e.